The molecule has 2 rings (SSSR count). The smallest absolute Gasteiger partial charge is 0.252 e. The molecule has 0 spiro atoms. The summed E-state index contributed by atoms with van der Waals surface area (Å²) in [6.45, 7) is 0.878. The van der Waals surface area contributed by atoms with Crippen LogP contribution in [0.3, 0.4) is 0 Å². The van der Waals surface area contributed by atoms with E-state index < -0.39 is 0 Å². The Morgan fingerprint density at radius 3 is 3.00 bits per heavy atom. The van der Waals surface area contributed by atoms with Crippen LogP contribution in [0.4, 0.5) is 5.69 Å². The molecule has 1 heterocycles. The maximum atomic E-state index is 11.6. The highest BCUT2D eigenvalue weighted by molar-refractivity contribution is 7.08. The first-order valence-electron chi connectivity index (χ1n) is 5.54. The monoisotopic (exact) mass is 262 g/mol. The summed E-state index contributed by atoms with van der Waals surface area (Å²) in [4.78, 5) is 11.6. The first kappa shape index (κ1) is 12.4. The standard InChI is InChI=1S/C13H14N2O2S/c14-11-2-1-3-12(8-11)17-6-5-15-13(16)10-4-7-18-9-10/h1-4,7-9H,5-6,14H2,(H,15,16). The molecule has 0 radical (unpaired) electrons. The van der Waals surface area contributed by atoms with Crippen LogP contribution >= 0.6 is 11.3 Å². The molecule has 1 amide bonds. The van der Waals surface area contributed by atoms with Crippen LogP contribution in [-0.4, -0.2) is 19.1 Å². The third-order valence-electron chi connectivity index (χ3n) is 2.30. The highest BCUT2D eigenvalue weighted by Crippen LogP contribution is 2.13. The Labute approximate surface area is 109 Å². The molecule has 1 aromatic carbocycles. The lowest BCUT2D eigenvalue weighted by Crippen LogP contribution is -2.27. The topological polar surface area (TPSA) is 64.3 Å². The van der Waals surface area contributed by atoms with Crippen LogP contribution in [0, 0.1) is 0 Å². The maximum absolute atomic E-state index is 11.6. The number of nitrogens with two attached hydrogens (primary N) is 1. The first-order valence-corrected chi connectivity index (χ1v) is 6.49. The predicted molar refractivity (Wildman–Crippen MR) is 73.0 cm³/mol. The summed E-state index contributed by atoms with van der Waals surface area (Å²) in [5, 5.41) is 6.47. The molecule has 2 aromatic rings. The molecule has 4 nitrogen and oxygen atoms in total. The van der Waals surface area contributed by atoms with E-state index in [9.17, 15) is 4.79 Å². The van der Waals surface area contributed by atoms with Gasteiger partial charge in [-0.15, -0.1) is 0 Å². The van der Waals surface area contributed by atoms with Gasteiger partial charge in [-0.05, 0) is 23.6 Å². The predicted octanol–water partition coefficient (Wildman–Crippen LogP) is 2.14. The number of hydrogen-bond donors (Lipinski definition) is 2. The second kappa shape index (κ2) is 6.07. The second-order valence-electron chi connectivity index (χ2n) is 3.69. The zero-order valence-corrected chi connectivity index (χ0v) is 10.6. The quantitative estimate of drug-likeness (QED) is 0.641. The Bertz CT molecular complexity index is 511. The van der Waals surface area contributed by atoms with Gasteiger partial charge in [0.25, 0.3) is 5.91 Å². The first-order chi connectivity index (χ1) is 8.75. The van der Waals surface area contributed by atoms with Crippen LogP contribution < -0.4 is 15.8 Å². The minimum Gasteiger partial charge on any atom is -0.492 e. The van der Waals surface area contributed by atoms with Gasteiger partial charge < -0.3 is 15.8 Å². The number of rotatable bonds is 5. The molecule has 0 atom stereocenters. The van der Waals surface area contributed by atoms with E-state index in [0.717, 1.165) is 0 Å². The molecule has 0 saturated carbocycles. The van der Waals surface area contributed by atoms with Gasteiger partial charge in [-0.3, -0.25) is 4.79 Å². The Balaban J connectivity index is 1.72. The number of ether oxygens (including phenoxy) is 1. The third kappa shape index (κ3) is 3.49. The number of nitrogens with one attached hydrogen (secondary N) is 1. The van der Waals surface area contributed by atoms with E-state index in [0.29, 0.717) is 30.2 Å². The lowest BCUT2D eigenvalue weighted by Gasteiger charge is -2.07. The summed E-state index contributed by atoms with van der Waals surface area (Å²) < 4.78 is 5.46. The highest BCUT2D eigenvalue weighted by atomic mass is 32.1. The lowest BCUT2D eigenvalue weighted by molar-refractivity contribution is 0.0947. The van der Waals surface area contributed by atoms with Crippen LogP contribution in [0.5, 0.6) is 5.75 Å². The number of anilines is 1. The Morgan fingerprint density at radius 1 is 1.39 bits per heavy atom. The van der Waals surface area contributed by atoms with Crippen LogP contribution in [-0.2, 0) is 0 Å². The number of benzene rings is 1. The van der Waals surface area contributed by atoms with Crippen LogP contribution in [0.25, 0.3) is 0 Å². The zero-order valence-electron chi connectivity index (χ0n) is 9.76. The number of nitrogen functional groups attached to an aromatic ring is 1. The van der Waals surface area contributed by atoms with Gasteiger partial charge in [-0.25, -0.2) is 0 Å². The van der Waals surface area contributed by atoms with E-state index in [-0.39, 0.29) is 5.91 Å². The van der Waals surface area contributed by atoms with E-state index >= 15 is 0 Å². The summed E-state index contributed by atoms with van der Waals surface area (Å²) in [5.41, 5.74) is 6.97. The van der Waals surface area contributed by atoms with E-state index in [1.807, 2.05) is 22.9 Å². The number of carbonyl (C=O) groups excluding carboxylic acids is 1. The number of thiophene rings is 1. The Kier molecular flexibility index (Phi) is 4.20. The number of carbonyl (C=O) groups is 1. The molecule has 94 valence electrons. The van der Waals surface area contributed by atoms with Crippen molar-refractivity contribution in [2.24, 2.45) is 0 Å². The van der Waals surface area contributed by atoms with Crippen LogP contribution in [0.1, 0.15) is 10.4 Å². The van der Waals surface area contributed by atoms with Gasteiger partial charge in [0.05, 0.1) is 6.54 Å². The summed E-state index contributed by atoms with van der Waals surface area (Å²) >= 11 is 1.50. The van der Waals surface area contributed by atoms with Crippen molar-refractivity contribution in [3.05, 3.63) is 46.7 Å². The van der Waals surface area contributed by atoms with Crippen molar-refractivity contribution < 1.29 is 9.53 Å². The van der Waals surface area contributed by atoms with Crippen molar-refractivity contribution in [3.8, 4) is 5.75 Å². The molecule has 0 unspecified atom stereocenters. The van der Waals surface area contributed by atoms with E-state index in [1.54, 1.807) is 18.2 Å². The minimum absolute atomic E-state index is 0.0765. The van der Waals surface area contributed by atoms with Gasteiger partial charge in [-0.1, -0.05) is 6.07 Å². The zero-order chi connectivity index (χ0) is 12.8. The van der Waals surface area contributed by atoms with Crippen LogP contribution in [0.2, 0.25) is 0 Å². The fraction of sp³-hybridized carbons (Fsp3) is 0.154. The van der Waals surface area contributed by atoms with Gasteiger partial charge in [0.1, 0.15) is 12.4 Å². The molecule has 0 aliphatic carbocycles. The molecular weight excluding hydrogens is 248 g/mol. The average molecular weight is 262 g/mol. The molecule has 0 saturated heterocycles. The van der Waals surface area contributed by atoms with Crippen molar-refractivity contribution >= 4 is 22.9 Å². The molecule has 1 aromatic heterocycles. The summed E-state index contributed by atoms with van der Waals surface area (Å²) in [6.07, 6.45) is 0. The van der Waals surface area contributed by atoms with Gasteiger partial charge in [0.2, 0.25) is 0 Å². The molecule has 0 aliphatic rings. The normalized spacial score (nSPS) is 10.0. The molecule has 0 fully saturated rings. The molecule has 0 bridgehead atoms. The van der Waals surface area contributed by atoms with Gasteiger partial charge >= 0.3 is 0 Å². The van der Waals surface area contributed by atoms with E-state index in [4.69, 9.17) is 10.5 Å². The largest absolute Gasteiger partial charge is 0.492 e. The minimum atomic E-state index is -0.0765. The van der Waals surface area contributed by atoms with Gasteiger partial charge in [0.15, 0.2) is 0 Å². The molecule has 3 N–H and O–H groups in total. The van der Waals surface area contributed by atoms with Crippen molar-refractivity contribution in [2.75, 3.05) is 18.9 Å². The second-order valence-corrected chi connectivity index (χ2v) is 4.47. The molecule has 5 heteroatoms. The average Bonchev–Trinajstić information content (AvgIpc) is 2.88. The van der Waals surface area contributed by atoms with E-state index in [1.165, 1.54) is 11.3 Å². The molecule has 0 aliphatic heterocycles. The summed E-state index contributed by atoms with van der Waals surface area (Å²) in [5.74, 6) is 0.632. The van der Waals surface area contributed by atoms with Crippen molar-refractivity contribution in [2.45, 2.75) is 0 Å². The van der Waals surface area contributed by atoms with Crippen molar-refractivity contribution in [1.29, 1.82) is 0 Å². The van der Waals surface area contributed by atoms with Gasteiger partial charge in [-0.2, -0.15) is 11.3 Å². The third-order valence-corrected chi connectivity index (χ3v) is 2.98. The fourth-order valence-electron chi connectivity index (χ4n) is 1.43. The van der Waals surface area contributed by atoms with Gasteiger partial charge in [0, 0.05) is 22.7 Å². The summed E-state index contributed by atoms with van der Waals surface area (Å²) in [6, 6.07) is 9.00. The van der Waals surface area contributed by atoms with Crippen LogP contribution in [0.15, 0.2) is 41.1 Å². The highest BCUT2D eigenvalue weighted by Gasteiger charge is 2.04. The molecule has 18 heavy (non-hydrogen) atoms. The molecular formula is C13H14N2O2S. The van der Waals surface area contributed by atoms with Crippen molar-refractivity contribution in [3.63, 3.8) is 0 Å². The maximum Gasteiger partial charge on any atom is 0.252 e. The fourth-order valence-corrected chi connectivity index (χ4v) is 2.07. The summed E-state index contributed by atoms with van der Waals surface area (Å²) in [7, 11) is 0. The van der Waals surface area contributed by atoms with Crippen molar-refractivity contribution in [1.82, 2.24) is 5.32 Å². The van der Waals surface area contributed by atoms with E-state index in [2.05, 4.69) is 5.32 Å². The number of hydrogen-bond acceptors (Lipinski definition) is 4. The Hall–Kier alpha value is -2.01. The number of amides is 1. The lowest BCUT2D eigenvalue weighted by atomic mass is 10.3. The SMILES string of the molecule is Nc1cccc(OCCNC(=O)c2ccsc2)c1. The Morgan fingerprint density at radius 2 is 2.28 bits per heavy atom.